The molecule has 5 heterocycles. The zero-order chi connectivity index (χ0) is 29.0. The zero-order valence-electron chi connectivity index (χ0n) is 25.6. The SMILES string of the molecule is Cc1cc(C)cc(-c2[nH]c3sc(C(C)(C)C(=O)N4C5CCC4CC5)cc3c2CCN2CCN(c3ccccc3)CC2)c1. The van der Waals surface area contributed by atoms with Crippen LogP contribution in [-0.4, -0.2) is 65.5 Å². The number of aryl methyl sites for hydroxylation is 2. The van der Waals surface area contributed by atoms with Gasteiger partial charge >= 0.3 is 0 Å². The molecule has 2 bridgehead atoms. The number of para-hydroxylation sites is 1. The van der Waals surface area contributed by atoms with Crippen LogP contribution >= 0.6 is 11.3 Å². The summed E-state index contributed by atoms with van der Waals surface area (Å²) < 4.78 is 0. The number of piperazine rings is 1. The molecule has 220 valence electrons. The molecule has 0 aliphatic carbocycles. The first-order valence-electron chi connectivity index (χ1n) is 15.9. The molecule has 2 aromatic heterocycles. The molecule has 0 saturated carbocycles. The van der Waals surface area contributed by atoms with Gasteiger partial charge in [-0.25, -0.2) is 0 Å². The van der Waals surface area contributed by atoms with Crippen LogP contribution in [0.2, 0.25) is 0 Å². The summed E-state index contributed by atoms with van der Waals surface area (Å²) in [7, 11) is 0. The summed E-state index contributed by atoms with van der Waals surface area (Å²) in [6.45, 7) is 14.0. The first-order chi connectivity index (χ1) is 20.3. The van der Waals surface area contributed by atoms with E-state index in [4.69, 9.17) is 0 Å². The fraction of sp³-hybridized carbons (Fsp3) is 0.472. The van der Waals surface area contributed by atoms with Crippen LogP contribution in [0.4, 0.5) is 5.69 Å². The van der Waals surface area contributed by atoms with Crippen molar-refractivity contribution in [1.29, 1.82) is 0 Å². The van der Waals surface area contributed by atoms with Crippen molar-refractivity contribution in [3.05, 3.63) is 76.2 Å². The molecule has 3 aliphatic rings. The van der Waals surface area contributed by atoms with Crippen LogP contribution in [0.3, 0.4) is 0 Å². The summed E-state index contributed by atoms with van der Waals surface area (Å²) >= 11 is 1.79. The number of aromatic nitrogens is 1. The Balaban J connectivity index is 1.16. The molecular weight excluding hydrogens is 536 g/mol. The van der Waals surface area contributed by atoms with Gasteiger partial charge in [0, 0.05) is 60.8 Å². The van der Waals surface area contributed by atoms with Gasteiger partial charge in [0.2, 0.25) is 5.91 Å². The van der Waals surface area contributed by atoms with Gasteiger partial charge < -0.3 is 14.8 Å². The monoisotopic (exact) mass is 580 g/mol. The summed E-state index contributed by atoms with van der Waals surface area (Å²) in [5.41, 5.74) is 7.31. The average Bonchev–Trinajstić information content (AvgIpc) is 3.76. The number of thiophene rings is 1. The third kappa shape index (κ3) is 4.97. The minimum absolute atomic E-state index is 0.323. The second kappa shape index (κ2) is 10.9. The number of hydrogen-bond donors (Lipinski definition) is 1. The molecule has 42 heavy (non-hydrogen) atoms. The van der Waals surface area contributed by atoms with Crippen LogP contribution in [0.25, 0.3) is 21.5 Å². The van der Waals surface area contributed by atoms with Gasteiger partial charge in [-0.3, -0.25) is 9.69 Å². The Morgan fingerprint density at radius 3 is 2.19 bits per heavy atom. The first kappa shape index (κ1) is 27.7. The highest BCUT2D eigenvalue weighted by Crippen LogP contribution is 2.44. The van der Waals surface area contributed by atoms with E-state index in [-0.39, 0.29) is 0 Å². The second-order valence-corrected chi connectivity index (χ2v) is 14.5. The minimum Gasteiger partial charge on any atom is -0.369 e. The van der Waals surface area contributed by atoms with Gasteiger partial charge in [0.1, 0.15) is 4.83 Å². The fourth-order valence-corrected chi connectivity index (χ4v) is 8.96. The molecule has 0 atom stereocenters. The van der Waals surface area contributed by atoms with Crippen molar-refractivity contribution in [3.8, 4) is 11.3 Å². The molecule has 3 fully saturated rings. The number of fused-ring (bicyclic) bond motifs is 3. The lowest BCUT2D eigenvalue weighted by molar-refractivity contribution is -0.137. The predicted octanol–water partition coefficient (Wildman–Crippen LogP) is 7.31. The lowest BCUT2D eigenvalue weighted by Gasteiger charge is -2.36. The van der Waals surface area contributed by atoms with E-state index < -0.39 is 5.41 Å². The number of carbonyl (C=O) groups is 1. The average molecular weight is 581 g/mol. The predicted molar refractivity (Wildman–Crippen MR) is 176 cm³/mol. The van der Waals surface area contributed by atoms with E-state index in [1.165, 1.54) is 74.4 Å². The molecule has 4 aromatic rings. The van der Waals surface area contributed by atoms with E-state index in [1.807, 2.05) is 0 Å². The number of carbonyl (C=O) groups excluding carboxylic acids is 1. The molecule has 6 heteroatoms. The molecule has 0 radical (unpaired) electrons. The summed E-state index contributed by atoms with van der Waals surface area (Å²) in [5, 5.41) is 1.30. The van der Waals surface area contributed by atoms with Crippen LogP contribution < -0.4 is 4.90 Å². The van der Waals surface area contributed by atoms with Crippen molar-refractivity contribution in [2.24, 2.45) is 0 Å². The molecule has 3 aliphatic heterocycles. The van der Waals surface area contributed by atoms with E-state index in [9.17, 15) is 4.79 Å². The Kier molecular flexibility index (Phi) is 7.18. The zero-order valence-corrected chi connectivity index (χ0v) is 26.4. The third-order valence-electron chi connectivity index (χ3n) is 10.1. The van der Waals surface area contributed by atoms with Crippen molar-refractivity contribution >= 4 is 33.1 Å². The number of nitrogens with zero attached hydrogens (tertiary/aromatic N) is 3. The van der Waals surface area contributed by atoms with Gasteiger partial charge in [0.15, 0.2) is 0 Å². The first-order valence-corrected chi connectivity index (χ1v) is 16.7. The van der Waals surface area contributed by atoms with Crippen molar-refractivity contribution in [2.45, 2.75) is 77.3 Å². The third-order valence-corrected chi connectivity index (χ3v) is 11.5. The Morgan fingerprint density at radius 2 is 1.55 bits per heavy atom. The Hall–Kier alpha value is -3.09. The molecule has 0 unspecified atom stereocenters. The van der Waals surface area contributed by atoms with E-state index in [0.717, 1.165) is 39.1 Å². The number of nitrogens with one attached hydrogen (secondary N) is 1. The number of H-pyrrole nitrogens is 1. The van der Waals surface area contributed by atoms with E-state index >= 15 is 0 Å². The largest absolute Gasteiger partial charge is 0.369 e. The summed E-state index contributed by atoms with van der Waals surface area (Å²) in [6.07, 6.45) is 5.72. The molecule has 1 amide bonds. The Morgan fingerprint density at radius 1 is 0.905 bits per heavy atom. The number of aromatic amines is 1. The molecule has 0 spiro atoms. The quantitative estimate of drug-likeness (QED) is 0.249. The van der Waals surface area contributed by atoms with Gasteiger partial charge in [0.05, 0.1) is 11.1 Å². The summed E-state index contributed by atoms with van der Waals surface area (Å²) in [4.78, 5) is 27.6. The topological polar surface area (TPSA) is 42.6 Å². The molecule has 3 saturated heterocycles. The molecule has 7 rings (SSSR count). The molecular formula is C36H44N4OS. The number of hydrogen-bond acceptors (Lipinski definition) is 4. The maximum Gasteiger partial charge on any atom is 0.233 e. The summed E-state index contributed by atoms with van der Waals surface area (Å²) in [5.74, 6) is 0.323. The number of benzene rings is 2. The molecule has 1 N–H and O–H groups in total. The van der Waals surface area contributed by atoms with E-state index in [2.05, 4.69) is 102 Å². The number of amides is 1. The lowest BCUT2D eigenvalue weighted by atomic mass is 9.88. The highest BCUT2D eigenvalue weighted by molar-refractivity contribution is 7.19. The van der Waals surface area contributed by atoms with Gasteiger partial charge in [0.25, 0.3) is 0 Å². The van der Waals surface area contributed by atoms with Crippen molar-refractivity contribution < 1.29 is 4.79 Å². The van der Waals surface area contributed by atoms with Gasteiger partial charge in [-0.05, 0) is 101 Å². The number of anilines is 1. The van der Waals surface area contributed by atoms with Crippen molar-refractivity contribution in [3.63, 3.8) is 0 Å². The van der Waals surface area contributed by atoms with Gasteiger partial charge in [-0.1, -0.05) is 35.4 Å². The Labute approximate surface area is 254 Å². The molecule has 2 aromatic carbocycles. The maximum absolute atomic E-state index is 13.9. The Bertz CT molecular complexity index is 1550. The van der Waals surface area contributed by atoms with Crippen molar-refractivity contribution in [2.75, 3.05) is 37.6 Å². The fourth-order valence-electron chi connectivity index (χ4n) is 7.78. The standard InChI is InChI=1S/C36H44N4OS/c1-24-20-25(2)22-26(21-24)33-30(14-15-38-16-18-39(19-17-38)27-8-6-5-7-9-27)31-23-32(42-34(31)37-33)36(3,4)35(41)40-28-10-11-29(40)13-12-28/h5-9,20-23,28-29,37H,10-19H2,1-4H3. The number of rotatable bonds is 7. The highest BCUT2D eigenvalue weighted by Gasteiger charge is 2.47. The lowest BCUT2D eigenvalue weighted by Crippen LogP contribution is -2.47. The van der Waals surface area contributed by atoms with Gasteiger partial charge in [-0.15, -0.1) is 11.3 Å². The van der Waals surface area contributed by atoms with Crippen LogP contribution in [-0.2, 0) is 16.6 Å². The van der Waals surface area contributed by atoms with Crippen molar-refractivity contribution in [1.82, 2.24) is 14.8 Å². The normalized spacial score (nSPS) is 21.1. The molecule has 5 nitrogen and oxygen atoms in total. The maximum atomic E-state index is 13.9. The van der Waals surface area contributed by atoms with E-state index in [1.54, 1.807) is 11.3 Å². The van der Waals surface area contributed by atoms with Crippen LogP contribution in [0.15, 0.2) is 54.6 Å². The van der Waals surface area contributed by atoms with Crippen LogP contribution in [0.5, 0.6) is 0 Å². The second-order valence-electron chi connectivity index (χ2n) is 13.4. The van der Waals surface area contributed by atoms with E-state index in [0.29, 0.717) is 18.0 Å². The van der Waals surface area contributed by atoms with Crippen LogP contribution in [0, 0.1) is 13.8 Å². The van der Waals surface area contributed by atoms with Gasteiger partial charge in [-0.2, -0.15) is 0 Å². The minimum atomic E-state index is -0.513. The highest BCUT2D eigenvalue weighted by atomic mass is 32.1. The smallest absolute Gasteiger partial charge is 0.233 e. The van der Waals surface area contributed by atoms with Crippen LogP contribution in [0.1, 0.15) is 61.1 Å². The summed E-state index contributed by atoms with van der Waals surface area (Å²) in [6, 6.07) is 20.9.